The number of hydrogen-bond donors (Lipinski definition) is 0. The Morgan fingerprint density at radius 2 is 1.23 bits per heavy atom. The number of aryl methyl sites for hydroxylation is 1. The fourth-order valence-corrected chi connectivity index (χ4v) is 4.84. The van der Waals surface area contributed by atoms with Gasteiger partial charge in [-0.1, -0.05) is 78.4 Å². The van der Waals surface area contributed by atoms with Crippen LogP contribution in [0.4, 0.5) is 0 Å². The van der Waals surface area contributed by atoms with Crippen molar-refractivity contribution in [1.82, 2.24) is 0 Å². The van der Waals surface area contributed by atoms with Crippen LogP contribution in [0.25, 0.3) is 0 Å². The first kappa shape index (κ1) is 18.4. The average molecular weight is 366 g/mol. The number of methoxy groups -OCH3 is 1. The van der Waals surface area contributed by atoms with E-state index in [2.05, 4.69) is 0 Å². The molecule has 3 rings (SSSR count). The van der Waals surface area contributed by atoms with Crippen molar-refractivity contribution in [1.29, 1.82) is 0 Å². The van der Waals surface area contributed by atoms with Crippen LogP contribution in [0.3, 0.4) is 0 Å². The lowest BCUT2D eigenvalue weighted by Gasteiger charge is -2.33. The number of hydrogen-bond acceptors (Lipinski definition) is 3. The van der Waals surface area contributed by atoms with Gasteiger partial charge in [-0.15, -0.1) is 0 Å². The van der Waals surface area contributed by atoms with Crippen molar-refractivity contribution in [2.24, 2.45) is 0 Å². The van der Waals surface area contributed by atoms with Gasteiger partial charge in [0.15, 0.2) is 9.84 Å². The van der Waals surface area contributed by atoms with Crippen molar-refractivity contribution in [3.05, 3.63) is 102 Å². The highest BCUT2D eigenvalue weighted by molar-refractivity contribution is 7.91. The van der Waals surface area contributed by atoms with Gasteiger partial charge in [0, 0.05) is 7.11 Å². The predicted octanol–water partition coefficient (Wildman–Crippen LogP) is 4.36. The van der Waals surface area contributed by atoms with Gasteiger partial charge in [0.05, 0.1) is 10.6 Å². The van der Waals surface area contributed by atoms with Gasteiger partial charge in [0.1, 0.15) is 5.60 Å². The van der Waals surface area contributed by atoms with Gasteiger partial charge in [-0.3, -0.25) is 0 Å². The Labute approximate surface area is 155 Å². The number of sulfone groups is 1. The van der Waals surface area contributed by atoms with E-state index < -0.39 is 15.4 Å². The first-order chi connectivity index (χ1) is 12.5. The molecule has 0 amide bonds. The Hall–Kier alpha value is -2.43. The first-order valence-corrected chi connectivity index (χ1v) is 10.1. The van der Waals surface area contributed by atoms with E-state index in [0.29, 0.717) is 4.90 Å². The Morgan fingerprint density at radius 1 is 0.769 bits per heavy atom. The third kappa shape index (κ3) is 3.57. The van der Waals surface area contributed by atoms with Crippen LogP contribution in [0, 0.1) is 6.92 Å². The van der Waals surface area contributed by atoms with Gasteiger partial charge in [-0.25, -0.2) is 8.42 Å². The molecule has 0 heterocycles. The van der Waals surface area contributed by atoms with Crippen molar-refractivity contribution >= 4 is 9.84 Å². The molecule has 0 aliphatic carbocycles. The lowest BCUT2D eigenvalue weighted by molar-refractivity contribution is 0.0419. The third-order valence-electron chi connectivity index (χ3n) is 4.60. The normalized spacial score (nSPS) is 12.1. The second kappa shape index (κ2) is 7.44. The van der Waals surface area contributed by atoms with Crippen LogP contribution in [0.15, 0.2) is 89.8 Å². The summed E-state index contributed by atoms with van der Waals surface area (Å²) >= 11 is 0. The molecule has 134 valence electrons. The maximum Gasteiger partial charge on any atom is 0.181 e. The van der Waals surface area contributed by atoms with Crippen molar-refractivity contribution < 1.29 is 13.2 Å². The zero-order chi connectivity index (χ0) is 18.6. The van der Waals surface area contributed by atoms with Crippen molar-refractivity contribution in [3.63, 3.8) is 0 Å². The molecule has 26 heavy (non-hydrogen) atoms. The molecular weight excluding hydrogens is 344 g/mol. The summed E-state index contributed by atoms with van der Waals surface area (Å²) in [4.78, 5) is 0.302. The molecule has 3 nitrogen and oxygen atoms in total. The number of benzene rings is 3. The number of ether oxygens (including phenoxy) is 1. The van der Waals surface area contributed by atoms with E-state index in [1.165, 1.54) is 0 Å². The zero-order valence-corrected chi connectivity index (χ0v) is 15.7. The van der Waals surface area contributed by atoms with Crippen LogP contribution in [-0.2, 0) is 20.2 Å². The largest absolute Gasteiger partial charge is 0.368 e. The van der Waals surface area contributed by atoms with E-state index >= 15 is 0 Å². The van der Waals surface area contributed by atoms with Crippen molar-refractivity contribution in [2.45, 2.75) is 17.4 Å². The maximum atomic E-state index is 13.2. The van der Waals surface area contributed by atoms with Gasteiger partial charge in [-0.2, -0.15) is 0 Å². The summed E-state index contributed by atoms with van der Waals surface area (Å²) in [7, 11) is -2.01. The zero-order valence-electron chi connectivity index (χ0n) is 14.9. The van der Waals surface area contributed by atoms with Crippen molar-refractivity contribution in [3.8, 4) is 0 Å². The molecule has 0 aliphatic heterocycles. The molecule has 0 unspecified atom stereocenters. The summed E-state index contributed by atoms with van der Waals surface area (Å²) in [5, 5.41) is 0. The van der Waals surface area contributed by atoms with Crippen LogP contribution >= 0.6 is 0 Å². The van der Waals surface area contributed by atoms with Crippen LogP contribution in [0.1, 0.15) is 16.7 Å². The van der Waals surface area contributed by atoms with Gasteiger partial charge in [0.2, 0.25) is 0 Å². The van der Waals surface area contributed by atoms with Crippen LogP contribution in [0.5, 0.6) is 0 Å². The Bertz CT molecular complexity index is 908. The molecule has 0 atom stereocenters. The summed E-state index contributed by atoms with van der Waals surface area (Å²) in [6, 6.07) is 25.9. The standard InChI is InChI=1S/C22H22O3S/c1-18-13-15-21(16-14-18)26(23,24)17-22(25-2,19-9-5-3-6-10-19)20-11-7-4-8-12-20/h3-16H,17H2,1-2H3. The van der Waals surface area contributed by atoms with E-state index in [9.17, 15) is 8.42 Å². The van der Waals surface area contributed by atoms with E-state index in [4.69, 9.17) is 4.74 Å². The van der Waals surface area contributed by atoms with E-state index in [1.807, 2.05) is 79.7 Å². The van der Waals surface area contributed by atoms with Crippen molar-refractivity contribution in [2.75, 3.05) is 12.9 Å². The predicted molar refractivity (Wildman–Crippen MR) is 104 cm³/mol. The quantitative estimate of drug-likeness (QED) is 0.651. The highest BCUT2D eigenvalue weighted by Gasteiger charge is 2.39. The Kier molecular flexibility index (Phi) is 5.25. The third-order valence-corrected chi connectivity index (χ3v) is 6.38. The summed E-state index contributed by atoms with van der Waals surface area (Å²) < 4.78 is 32.3. The fraction of sp³-hybridized carbons (Fsp3) is 0.182. The molecule has 4 heteroatoms. The maximum absolute atomic E-state index is 13.2. The summed E-state index contributed by atoms with van der Waals surface area (Å²) in [5.74, 6) is -0.173. The van der Waals surface area contributed by atoms with Gasteiger partial charge in [-0.05, 0) is 30.2 Å². The van der Waals surface area contributed by atoms with Crippen LogP contribution in [0.2, 0.25) is 0 Å². The van der Waals surface area contributed by atoms with Crippen LogP contribution < -0.4 is 0 Å². The monoisotopic (exact) mass is 366 g/mol. The highest BCUT2D eigenvalue weighted by Crippen LogP contribution is 2.36. The molecule has 0 spiro atoms. The lowest BCUT2D eigenvalue weighted by atomic mass is 9.88. The van der Waals surface area contributed by atoms with E-state index in [-0.39, 0.29) is 5.75 Å². The van der Waals surface area contributed by atoms with E-state index in [0.717, 1.165) is 16.7 Å². The summed E-state index contributed by atoms with van der Waals surface area (Å²) in [6.07, 6.45) is 0. The molecule has 0 bridgehead atoms. The molecule has 3 aromatic carbocycles. The molecule has 0 saturated carbocycles. The SMILES string of the molecule is COC(CS(=O)(=O)c1ccc(C)cc1)(c1ccccc1)c1ccccc1. The molecule has 0 N–H and O–H groups in total. The first-order valence-electron chi connectivity index (χ1n) is 8.43. The highest BCUT2D eigenvalue weighted by atomic mass is 32.2. The second-order valence-corrected chi connectivity index (χ2v) is 8.32. The number of rotatable bonds is 6. The average Bonchev–Trinajstić information content (AvgIpc) is 2.68. The molecule has 0 saturated heterocycles. The Balaban J connectivity index is 2.14. The lowest BCUT2D eigenvalue weighted by Crippen LogP contribution is -2.38. The molecule has 0 aliphatic rings. The topological polar surface area (TPSA) is 43.4 Å². The minimum absolute atomic E-state index is 0.173. The van der Waals surface area contributed by atoms with Crippen LogP contribution in [-0.4, -0.2) is 21.3 Å². The Morgan fingerprint density at radius 3 is 1.65 bits per heavy atom. The van der Waals surface area contributed by atoms with Gasteiger partial charge in [0.25, 0.3) is 0 Å². The van der Waals surface area contributed by atoms with E-state index in [1.54, 1.807) is 19.2 Å². The molecule has 3 aromatic rings. The fourth-order valence-electron chi connectivity index (χ4n) is 3.14. The van der Waals surface area contributed by atoms with Gasteiger partial charge >= 0.3 is 0 Å². The van der Waals surface area contributed by atoms with Gasteiger partial charge < -0.3 is 4.74 Å². The molecular formula is C22H22O3S. The minimum Gasteiger partial charge on any atom is -0.368 e. The minimum atomic E-state index is -3.57. The summed E-state index contributed by atoms with van der Waals surface area (Å²) in [6.45, 7) is 1.93. The smallest absolute Gasteiger partial charge is 0.181 e. The molecule has 0 fully saturated rings. The molecule has 0 radical (unpaired) electrons. The second-order valence-electron chi connectivity index (χ2n) is 6.34. The summed E-state index contributed by atoms with van der Waals surface area (Å²) in [5.41, 5.74) is 1.56. The molecule has 0 aromatic heterocycles.